The number of nitrogens with zero attached hydrogens (tertiary/aromatic N) is 3. The second-order valence-electron chi connectivity index (χ2n) is 4.11. The zero-order valence-corrected chi connectivity index (χ0v) is 10.8. The fourth-order valence-corrected chi connectivity index (χ4v) is 2.76. The smallest absolute Gasteiger partial charge is 0.171 e. The van der Waals surface area contributed by atoms with Gasteiger partial charge in [0.2, 0.25) is 0 Å². The van der Waals surface area contributed by atoms with Crippen LogP contribution in [0.1, 0.15) is 17.7 Å². The van der Waals surface area contributed by atoms with Gasteiger partial charge in [-0.2, -0.15) is 0 Å². The van der Waals surface area contributed by atoms with Gasteiger partial charge in [-0.05, 0) is 24.3 Å². The molecule has 1 fully saturated rings. The van der Waals surface area contributed by atoms with Gasteiger partial charge in [-0.15, -0.1) is 11.3 Å². The molecule has 0 radical (unpaired) electrons. The Balaban J connectivity index is 1.88. The molecule has 3 nitrogen and oxygen atoms in total. The van der Waals surface area contributed by atoms with Crippen LogP contribution in [0.5, 0.6) is 0 Å². The van der Waals surface area contributed by atoms with Gasteiger partial charge in [-0.3, -0.25) is 0 Å². The minimum atomic E-state index is 0.496. The van der Waals surface area contributed by atoms with Crippen LogP contribution in [-0.4, -0.2) is 16.0 Å². The van der Waals surface area contributed by atoms with Crippen molar-refractivity contribution in [2.24, 2.45) is 0 Å². The number of anilines is 1. The van der Waals surface area contributed by atoms with E-state index in [1.54, 1.807) is 23.7 Å². The maximum absolute atomic E-state index is 6.12. The molecule has 0 unspecified atom stereocenters. The van der Waals surface area contributed by atoms with Gasteiger partial charge in [0, 0.05) is 23.3 Å². The van der Waals surface area contributed by atoms with Crippen LogP contribution in [0.25, 0.3) is 0 Å². The molecule has 0 atom stereocenters. The van der Waals surface area contributed by atoms with E-state index in [0.29, 0.717) is 11.2 Å². The van der Waals surface area contributed by atoms with Crippen LogP contribution in [0.2, 0.25) is 5.15 Å². The standard InChI is InChI=1S/C12H12ClN3S/c13-11-12(15-6-5-14-11)16(9-3-4-9)8-10-2-1-7-17-10/h1-2,5-7,9H,3-4,8H2. The van der Waals surface area contributed by atoms with E-state index in [1.807, 2.05) is 0 Å². The molecule has 0 aliphatic heterocycles. The van der Waals surface area contributed by atoms with E-state index in [9.17, 15) is 0 Å². The Morgan fingerprint density at radius 1 is 1.35 bits per heavy atom. The highest BCUT2D eigenvalue weighted by atomic mass is 35.5. The molecule has 17 heavy (non-hydrogen) atoms. The lowest BCUT2D eigenvalue weighted by molar-refractivity contribution is 0.782. The summed E-state index contributed by atoms with van der Waals surface area (Å²) in [6.07, 6.45) is 5.77. The molecule has 88 valence electrons. The van der Waals surface area contributed by atoms with Crippen molar-refractivity contribution in [2.75, 3.05) is 4.90 Å². The Kier molecular flexibility index (Phi) is 2.99. The topological polar surface area (TPSA) is 29.0 Å². The molecule has 0 N–H and O–H groups in total. The van der Waals surface area contributed by atoms with Gasteiger partial charge in [-0.25, -0.2) is 9.97 Å². The Hall–Kier alpha value is -1.13. The number of hydrogen-bond acceptors (Lipinski definition) is 4. The van der Waals surface area contributed by atoms with E-state index >= 15 is 0 Å². The average molecular weight is 266 g/mol. The first kappa shape index (κ1) is 11.0. The highest BCUT2D eigenvalue weighted by molar-refractivity contribution is 7.09. The predicted molar refractivity (Wildman–Crippen MR) is 70.6 cm³/mol. The van der Waals surface area contributed by atoms with Crippen molar-refractivity contribution in [3.05, 3.63) is 39.9 Å². The van der Waals surface area contributed by atoms with Crippen molar-refractivity contribution in [2.45, 2.75) is 25.4 Å². The van der Waals surface area contributed by atoms with Crippen LogP contribution in [0.15, 0.2) is 29.9 Å². The minimum Gasteiger partial charge on any atom is -0.346 e. The van der Waals surface area contributed by atoms with Crippen LogP contribution in [0.3, 0.4) is 0 Å². The molecule has 0 aromatic carbocycles. The maximum atomic E-state index is 6.12. The lowest BCUT2D eigenvalue weighted by Crippen LogP contribution is -2.26. The molecular formula is C12H12ClN3S. The number of hydrogen-bond donors (Lipinski definition) is 0. The Bertz CT molecular complexity index is 496. The van der Waals surface area contributed by atoms with Crippen LogP contribution in [0.4, 0.5) is 5.82 Å². The molecule has 3 rings (SSSR count). The Morgan fingerprint density at radius 2 is 2.18 bits per heavy atom. The number of aromatic nitrogens is 2. The summed E-state index contributed by atoms with van der Waals surface area (Å²) in [4.78, 5) is 12.1. The van der Waals surface area contributed by atoms with E-state index < -0.39 is 0 Å². The van der Waals surface area contributed by atoms with Crippen LogP contribution >= 0.6 is 22.9 Å². The molecule has 0 amide bonds. The lowest BCUT2D eigenvalue weighted by atomic mass is 10.4. The molecule has 5 heteroatoms. The fourth-order valence-electron chi connectivity index (χ4n) is 1.84. The first-order valence-electron chi connectivity index (χ1n) is 5.60. The molecule has 2 aromatic heterocycles. The second kappa shape index (κ2) is 4.63. The maximum Gasteiger partial charge on any atom is 0.171 e. The van der Waals surface area contributed by atoms with Crippen molar-refractivity contribution in [3.63, 3.8) is 0 Å². The second-order valence-corrected chi connectivity index (χ2v) is 5.50. The largest absolute Gasteiger partial charge is 0.346 e. The summed E-state index contributed by atoms with van der Waals surface area (Å²) in [5.41, 5.74) is 0. The van der Waals surface area contributed by atoms with Gasteiger partial charge < -0.3 is 4.90 Å². The third-order valence-corrected chi connectivity index (χ3v) is 3.93. The van der Waals surface area contributed by atoms with Crippen molar-refractivity contribution in [3.8, 4) is 0 Å². The van der Waals surface area contributed by atoms with Crippen LogP contribution in [0, 0.1) is 0 Å². The van der Waals surface area contributed by atoms with Crippen LogP contribution in [-0.2, 0) is 6.54 Å². The van der Waals surface area contributed by atoms with E-state index in [0.717, 1.165) is 12.4 Å². The molecule has 1 aliphatic carbocycles. The Labute approximate surface area is 109 Å². The molecule has 2 heterocycles. The molecular weight excluding hydrogens is 254 g/mol. The molecule has 0 bridgehead atoms. The highest BCUT2D eigenvalue weighted by Gasteiger charge is 2.31. The van der Waals surface area contributed by atoms with Gasteiger partial charge >= 0.3 is 0 Å². The monoisotopic (exact) mass is 265 g/mol. The molecule has 0 saturated heterocycles. The zero-order valence-electron chi connectivity index (χ0n) is 9.21. The van der Waals surface area contributed by atoms with E-state index in [-0.39, 0.29) is 0 Å². The van der Waals surface area contributed by atoms with Crippen molar-refractivity contribution in [1.29, 1.82) is 0 Å². The first-order chi connectivity index (χ1) is 8.34. The summed E-state index contributed by atoms with van der Waals surface area (Å²) >= 11 is 7.88. The number of rotatable bonds is 4. The Morgan fingerprint density at radius 3 is 2.82 bits per heavy atom. The number of thiophene rings is 1. The van der Waals surface area contributed by atoms with E-state index in [2.05, 4.69) is 32.4 Å². The molecule has 2 aromatic rings. The summed E-state index contributed by atoms with van der Waals surface area (Å²) in [6.45, 7) is 0.876. The zero-order chi connectivity index (χ0) is 11.7. The molecule has 0 spiro atoms. The van der Waals surface area contributed by atoms with Crippen LogP contribution < -0.4 is 4.90 Å². The summed E-state index contributed by atoms with van der Waals surface area (Å²) < 4.78 is 0. The van der Waals surface area contributed by atoms with Crippen molar-refractivity contribution < 1.29 is 0 Å². The SMILES string of the molecule is Clc1nccnc1N(Cc1cccs1)C1CC1. The van der Waals surface area contributed by atoms with Gasteiger partial charge in [0.15, 0.2) is 11.0 Å². The third kappa shape index (κ3) is 2.42. The molecule has 1 saturated carbocycles. The summed E-state index contributed by atoms with van der Waals surface area (Å²) in [7, 11) is 0. The summed E-state index contributed by atoms with van der Waals surface area (Å²) in [6, 6.07) is 4.79. The van der Waals surface area contributed by atoms with Gasteiger partial charge in [0.1, 0.15) is 0 Å². The lowest BCUT2D eigenvalue weighted by Gasteiger charge is -2.23. The van der Waals surface area contributed by atoms with Gasteiger partial charge in [0.05, 0.1) is 6.54 Å². The summed E-state index contributed by atoms with van der Waals surface area (Å²) in [5.74, 6) is 0.810. The van der Waals surface area contributed by atoms with Crippen molar-refractivity contribution >= 4 is 28.8 Å². The van der Waals surface area contributed by atoms with Crippen molar-refractivity contribution in [1.82, 2.24) is 9.97 Å². The van der Waals surface area contributed by atoms with Gasteiger partial charge in [-0.1, -0.05) is 17.7 Å². The molecule has 1 aliphatic rings. The normalized spacial score (nSPS) is 14.9. The average Bonchev–Trinajstić information content (AvgIpc) is 3.05. The van der Waals surface area contributed by atoms with Gasteiger partial charge in [0.25, 0.3) is 0 Å². The minimum absolute atomic E-state index is 0.496. The number of halogens is 1. The highest BCUT2D eigenvalue weighted by Crippen LogP contribution is 2.35. The fraction of sp³-hybridized carbons (Fsp3) is 0.333. The first-order valence-corrected chi connectivity index (χ1v) is 6.86. The quantitative estimate of drug-likeness (QED) is 0.849. The van der Waals surface area contributed by atoms with E-state index in [1.165, 1.54) is 17.7 Å². The third-order valence-electron chi connectivity index (χ3n) is 2.80. The summed E-state index contributed by atoms with van der Waals surface area (Å²) in [5, 5.41) is 2.59. The van der Waals surface area contributed by atoms with E-state index in [4.69, 9.17) is 11.6 Å². The predicted octanol–water partition coefficient (Wildman–Crippen LogP) is 3.36.